The zero-order chi connectivity index (χ0) is 23.9. The number of rotatable bonds is 16. The summed E-state index contributed by atoms with van der Waals surface area (Å²) in [7, 11) is 2.99. The first-order valence-corrected chi connectivity index (χ1v) is 9.45. The molecule has 2 N–H and O–H groups in total. The van der Waals surface area contributed by atoms with Crippen LogP contribution >= 0.6 is 0 Å². The maximum Gasteiger partial charge on any atom is 0.339 e. The van der Waals surface area contributed by atoms with Crippen LogP contribution in [-0.2, 0) is 28.4 Å². The minimum Gasteiger partial charge on any atom is -0.478 e. The Morgan fingerprint density at radius 3 is 1.25 bits per heavy atom. The molecule has 0 radical (unpaired) electrons. The number of esters is 2. The second-order valence-electron chi connectivity index (χ2n) is 6.04. The van der Waals surface area contributed by atoms with Crippen molar-refractivity contribution in [1.82, 2.24) is 0 Å². The first-order valence-electron chi connectivity index (χ1n) is 9.45. The van der Waals surface area contributed by atoms with Crippen LogP contribution in [0.5, 0.6) is 0 Å². The molecule has 1 aromatic rings. The van der Waals surface area contributed by atoms with Crippen molar-refractivity contribution < 1.29 is 57.8 Å². The Labute approximate surface area is 183 Å². The van der Waals surface area contributed by atoms with Crippen molar-refractivity contribution in [2.75, 3.05) is 67.1 Å². The highest BCUT2D eigenvalue weighted by molar-refractivity contribution is 6.09. The summed E-state index contributed by atoms with van der Waals surface area (Å²) in [6.07, 6.45) is 0. The van der Waals surface area contributed by atoms with Gasteiger partial charge in [-0.2, -0.15) is 0 Å². The van der Waals surface area contributed by atoms with Gasteiger partial charge in [0.2, 0.25) is 0 Å². The van der Waals surface area contributed by atoms with Gasteiger partial charge in [-0.1, -0.05) is 0 Å². The van der Waals surface area contributed by atoms with E-state index < -0.39 is 46.1 Å². The van der Waals surface area contributed by atoms with E-state index in [1.54, 1.807) is 0 Å². The SMILES string of the molecule is COCCOCCOC(=O)c1cc(C(=O)O)c(C(=O)OCCOCCOC)cc1C(=O)O. The van der Waals surface area contributed by atoms with E-state index in [1.807, 2.05) is 0 Å². The van der Waals surface area contributed by atoms with Gasteiger partial charge in [0.15, 0.2) is 0 Å². The molecule has 0 atom stereocenters. The van der Waals surface area contributed by atoms with Gasteiger partial charge in [-0.05, 0) is 12.1 Å². The van der Waals surface area contributed by atoms with Crippen molar-refractivity contribution in [3.05, 3.63) is 34.4 Å². The predicted molar refractivity (Wildman–Crippen MR) is 106 cm³/mol. The van der Waals surface area contributed by atoms with Crippen LogP contribution in [0, 0.1) is 0 Å². The van der Waals surface area contributed by atoms with Crippen LogP contribution in [0.1, 0.15) is 41.4 Å². The van der Waals surface area contributed by atoms with Crippen LogP contribution in [0.2, 0.25) is 0 Å². The number of benzene rings is 1. The molecule has 0 fully saturated rings. The molecule has 1 aromatic carbocycles. The molecular weight excluding hydrogens is 432 g/mol. The first-order chi connectivity index (χ1) is 15.3. The molecule has 32 heavy (non-hydrogen) atoms. The molecule has 12 heteroatoms. The number of carboxylic acids is 2. The van der Waals surface area contributed by atoms with Crippen molar-refractivity contribution in [3.63, 3.8) is 0 Å². The molecule has 0 bridgehead atoms. The van der Waals surface area contributed by atoms with Gasteiger partial charge < -0.3 is 38.6 Å². The van der Waals surface area contributed by atoms with E-state index in [-0.39, 0.29) is 39.6 Å². The number of hydrogen-bond donors (Lipinski definition) is 2. The third-order valence-electron chi connectivity index (χ3n) is 3.84. The van der Waals surface area contributed by atoms with Crippen molar-refractivity contribution >= 4 is 23.9 Å². The number of carbonyl (C=O) groups is 4. The molecule has 12 nitrogen and oxygen atoms in total. The third kappa shape index (κ3) is 8.98. The lowest BCUT2D eigenvalue weighted by atomic mass is 9.98. The number of carboxylic acid groups (broad SMARTS) is 2. The summed E-state index contributed by atoms with van der Waals surface area (Å²) in [6, 6.07) is 1.54. The maximum atomic E-state index is 12.3. The van der Waals surface area contributed by atoms with Crippen LogP contribution < -0.4 is 0 Å². The molecule has 0 amide bonds. The Hall–Kier alpha value is -3.06. The van der Waals surface area contributed by atoms with Gasteiger partial charge in [0.1, 0.15) is 13.2 Å². The monoisotopic (exact) mass is 458 g/mol. The van der Waals surface area contributed by atoms with Gasteiger partial charge in [0.25, 0.3) is 0 Å². The average molecular weight is 458 g/mol. The lowest BCUT2D eigenvalue weighted by Crippen LogP contribution is -2.20. The molecule has 0 saturated heterocycles. The smallest absolute Gasteiger partial charge is 0.339 e. The quantitative estimate of drug-likeness (QED) is 0.264. The highest BCUT2D eigenvalue weighted by atomic mass is 16.6. The summed E-state index contributed by atoms with van der Waals surface area (Å²) in [5, 5.41) is 18.9. The summed E-state index contributed by atoms with van der Waals surface area (Å²) >= 11 is 0. The molecule has 0 saturated carbocycles. The zero-order valence-corrected chi connectivity index (χ0v) is 17.8. The van der Waals surface area contributed by atoms with E-state index in [2.05, 4.69) is 0 Å². The molecule has 1 rings (SSSR count). The van der Waals surface area contributed by atoms with E-state index in [4.69, 9.17) is 28.4 Å². The Bertz CT molecular complexity index is 723. The molecule has 0 heterocycles. The average Bonchev–Trinajstić information content (AvgIpc) is 2.77. The highest BCUT2D eigenvalue weighted by Gasteiger charge is 2.27. The van der Waals surface area contributed by atoms with E-state index in [9.17, 15) is 29.4 Å². The van der Waals surface area contributed by atoms with Crippen LogP contribution in [0.15, 0.2) is 12.1 Å². The Morgan fingerprint density at radius 2 is 0.938 bits per heavy atom. The Morgan fingerprint density at radius 1 is 0.594 bits per heavy atom. The fourth-order valence-corrected chi connectivity index (χ4v) is 2.32. The van der Waals surface area contributed by atoms with Gasteiger partial charge >= 0.3 is 23.9 Å². The molecule has 0 aliphatic rings. The van der Waals surface area contributed by atoms with Gasteiger partial charge in [-0.15, -0.1) is 0 Å². The Kier molecular flexibility index (Phi) is 12.5. The summed E-state index contributed by atoms with van der Waals surface area (Å²) in [6.45, 7) is 0.886. The summed E-state index contributed by atoms with van der Waals surface area (Å²) in [4.78, 5) is 47.8. The second kappa shape index (κ2) is 14.9. The van der Waals surface area contributed by atoms with Crippen LogP contribution in [-0.4, -0.2) is 101 Å². The molecule has 0 aliphatic heterocycles. The number of ether oxygens (including phenoxy) is 6. The third-order valence-corrected chi connectivity index (χ3v) is 3.84. The maximum absolute atomic E-state index is 12.3. The van der Waals surface area contributed by atoms with Gasteiger partial charge in [0.05, 0.1) is 61.9 Å². The van der Waals surface area contributed by atoms with Gasteiger partial charge in [-0.25, -0.2) is 19.2 Å². The largest absolute Gasteiger partial charge is 0.478 e. The number of aromatic carboxylic acids is 2. The van der Waals surface area contributed by atoms with Crippen molar-refractivity contribution in [1.29, 1.82) is 0 Å². The molecular formula is C20H26O12. The fraction of sp³-hybridized carbons (Fsp3) is 0.500. The molecule has 0 aliphatic carbocycles. The predicted octanol–water partition coefficient (Wildman–Crippen LogP) is 0.723. The summed E-state index contributed by atoms with van der Waals surface area (Å²) in [5.74, 6) is -5.26. The lowest BCUT2D eigenvalue weighted by Gasteiger charge is -2.12. The second-order valence-corrected chi connectivity index (χ2v) is 6.04. The molecule has 0 unspecified atom stereocenters. The van der Waals surface area contributed by atoms with Crippen molar-refractivity contribution in [3.8, 4) is 0 Å². The number of hydrogen-bond acceptors (Lipinski definition) is 10. The van der Waals surface area contributed by atoms with Crippen molar-refractivity contribution in [2.24, 2.45) is 0 Å². The number of methoxy groups -OCH3 is 2. The summed E-state index contributed by atoms with van der Waals surface area (Å²) in [5.41, 5.74) is -2.26. The highest BCUT2D eigenvalue weighted by Crippen LogP contribution is 2.20. The molecule has 0 aromatic heterocycles. The topological polar surface area (TPSA) is 164 Å². The van der Waals surface area contributed by atoms with Crippen LogP contribution in [0.3, 0.4) is 0 Å². The fourth-order valence-electron chi connectivity index (χ4n) is 2.32. The lowest BCUT2D eigenvalue weighted by molar-refractivity contribution is 0.0203. The minimum atomic E-state index is -1.55. The van der Waals surface area contributed by atoms with E-state index in [0.717, 1.165) is 12.1 Å². The summed E-state index contributed by atoms with van der Waals surface area (Å²) < 4.78 is 29.7. The van der Waals surface area contributed by atoms with E-state index in [0.29, 0.717) is 13.2 Å². The molecule has 0 spiro atoms. The Balaban J connectivity index is 2.94. The number of carbonyl (C=O) groups excluding carboxylic acids is 2. The molecule has 178 valence electrons. The van der Waals surface area contributed by atoms with E-state index >= 15 is 0 Å². The standard InChI is InChI=1S/C20H26O12/c1-27-3-5-29-7-9-31-19(25)15-11-14(18(23)24)16(12-13(15)17(21)22)20(26)32-10-8-30-6-4-28-2/h11-12H,3-10H2,1-2H3,(H,21,22)(H,23,24). The normalized spacial score (nSPS) is 10.6. The van der Waals surface area contributed by atoms with E-state index in [1.165, 1.54) is 14.2 Å². The van der Waals surface area contributed by atoms with Crippen molar-refractivity contribution in [2.45, 2.75) is 0 Å². The first kappa shape index (κ1) is 27.0. The van der Waals surface area contributed by atoms with Crippen LogP contribution in [0.25, 0.3) is 0 Å². The van der Waals surface area contributed by atoms with Gasteiger partial charge in [0, 0.05) is 14.2 Å². The van der Waals surface area contributed by atoms with Crippen LogP contribution in [0.4, 0.5) is 0 Å². The van der Waals surface area contributed by atoms with Gasteiger partial charge in [-0.3, -0.25) is 0 Å². The zero-order valence-electron chi connectivity index (χ0n) is 17.8. The minimum absolute atomic E-state index is 0.0279.